The van der Waals surface area contributed by atoms with Gasteiger partial charge in [0.2, 0.25) is 5.89 Å². The molecule has 0 aliphatic heterocycles. The minimum atomic E-state index is -4.48. The number of benzene rings is 4. The maximum absolute atomic E-state index is 13.6. The number of aromatic nitrogens is 2. The number of carbonyl (C=O) groups is 1. The van der Waals surface area contributed by atoms with Crippen molar-refractivity contribution in [2.24, 2.45) is 0 Å². The molecule has 0 radical (unpaired) electrons. The topological polar surface area (TPSA) is 88.2 Å². The molecule has 0 bridgehead atoms. The van der Waals surface area contributed by atoms with Crippen molar-refractivity contribution >= 4 is 17.5 Å². The summed E-state index contributed by atoms with van der Waals surface area (Å²) in [6.45, 7) is 5.75. The van der Waals surface area contributed by atoms with Crippen molar-refractivity contribution in [2.45, 2.75) is 44.8 Å². The monoisotopic (exact) mass is 637 g/mol. The molecule has 2 N–H and O–H groups in total. The lowest BCUT2D eigenvalue weighted by atomic mass is 9.96. The number of phenolic OH excluding ortho intramolecular Hbond substituents is 1. The van der Waals surface area contributed by atoms with Crippen molar-refractivity contribution < 1.29 is 32.0 Å². The summed E-state index contributed by atoms with van der Waals surface area (Å²) in [7, 11) is 0. The number of amides is 1. The first kappa shape index (κ1) is 31.7. The zero-order chi connectivity index (χ0) is 32.5. The van der Waals surface area contributed by atoms with E-state index in [4.69, 9.17) is 16.1 Å². The molecule has 1 heterocycles. The molecular formula is C34H28ClF4N3O3. The molecule has 0 saturated heterocycles. The molecule has 1 aromatic heterocycles. The fraction of sp³-hybridized carbons (Fsp3) is 0.206. The quantitative estimate of drug-likeness (QED) is 0.174. The van der Waals surface area contributed by atoms with Gasteiger partial charge in [-0.3, -0.25) is 4.79 Å². The number of hydrogen-bond donors (Lipinski definition) is 2. The van der Waals surface area contributed by atoms with Crippen molar-refractivity contribution in [1.29, 1.82) is 0 Å². The highest BCUT2D eigenvalue weighted by Gasteiger charge is 2.30. The molecule has 0 unspecified atom stereocenters. The molecule has 0 aliphatic carbocycles. The van der Waals surface area contributed by atoms with Crippen LogP contribution in [0.5, 0.6) is 5.75 Å². The number of halogens is 5. The van der Waals surface area contributed by atoms with E-state index in [9.17, 15) is 27.5 Å². The normalized spacial score (nSPS) is 12.6. The Labute approximate surface area is 261 Å². The van der Waals surface area contributed by atoms with E-state index in [1.165, 1.54) is 42.5 Å². The van der Waals surface area contributed by atoms with Crippen LogP contribution in [0.3, 0.4) is 0 Å². The van der Waals surface area contributed by atoms with Crippen LogP contribution in [0.1, 0.15) is 60.0 Å². The third-order valence-electron chi connectivity index (χ3n) is 7.15. The minimum absolute atomic E-state index is 0.0102. The van der Waals surface area contributed by atoms with Gasteiger partial charge in [0.25, 0.3) is 5.91 Å². The molecule has 0 saturated carbocycles. The lowest BCUT2D eigenvalue weighted by Gasteiger charge is -2.17. The van der Waals surface area contributed by atoms with E-state index in [2.05, 4.69) is 15.5 Å². The predicted molar refractivity (Wildman–Crippen MR) is 162 cm³/mol. The fourth-order valence-corrected chi connectivity index (χ4v) is 4.79. The van der Waals surface area contributed by atoms with Gasteiger partial charge < -0.3 is 14.9 Å². The van der Waals surface area contributed by atoms with E-state index in [0.717, 1.165) is 28.8 Å². The lowest BCUT2D eigenvalue weighted by Crippen LogP contribution is -2.30. The molecule has 45 heavy (non-hydrogen) atoms. The van der Waals surface area contributed by atoms with Crippen molar-refractivity contribution in [3.63, 3.8) is 0 Å². The highest BCUT2D eigenvalue weighted by atomic mass is 35.5. The van der Waals surface area contributed by atoms with Crippen LogP contribution in [-0.4, -0.2) is 21.2 Å². The second-order valence-corrected chi connectivity index (χ2v) is 12.0. The Bertz CT molecular complexity index is 1830. The number of nitrogens with zero attached hydrogens (tertiary/aromatic N) is 2. The van der Waals surface area contributed by atoms with Crippen molar-refractivity contribution in [2.75, 3.05) is 0 Å². The number of rotatable bonds is 7. The van der Waals surface area contributed by atoms with Crippen LogP contribution in [0.2, 0.25) is 5.02 Å². The summed E-state index contributed by atoms with van der Waals surface area (Å²) in [5, 5.41) is 17.5. The first-order valence-corrected chi connectivity index (χ1v) is 14.3. The smallest absolute Gasteiger partial charge is 0.416 e. The zero-order valence-corrected chi connectivity index (χ0v) is 25.2. The summed E-state index contributed by atoms with van der Waals surface area (Å²) >= 11 is 5.95. The van der Waals surface area contributed by atoms with Crippen LogP contribution >= 0.6 is 11.6 Å². The Hall–Kier alpha value is -4.70. The van der Waals surface area contributed by atoms with E-state index < -0.39 is 34.9 Å². The van der Waals surface area contributed by atoms with Gasteiger partial charge in [-0.15, -0.1) is 0 Å². The molecule has 232 valence electrons. The summed E-state index contributed by atoms with van der Waals surface area (Å²) in [5.41, 5.74) is 1.90. The Kier molecular flexibility index (Phi) is 8.71. The van der Waals surface area contributed by atoms with Gasteiger partial charge in [-0.05, 0) is 64.2 Å². The molecular weight excluding hydrogens is 610 g/mol. The Morgan fingerprint density at radius 2 is 1.47 bits per heavy atom. The van der Waals surface area contributed by atoms with E-state index in [1.807, 2.05) is 45.0 Å². The van der Waals surface area contributed by atoms with Crippen LogP contribution in [0.25, 0.3) is 22.3 Å². The maximum atomic E-state index is 13.6. The van der Waals surface area contributed by atoms with Gasteiger partial charge in [0.05, 0.1) is 16.1 Å². The minimum Gasteiger partial charge on any atom is -0.507 e. The molecule has 4 aromatic carbocycles. The molecule has 0 fully saturated rings. The average Bonchev–Trinajstić information content (AvgIpc) is 3.50. The molecule has 1 atom stereocenters. The van der Waals surface area contributed by atoms with E-state index >= 15 is 0 Å². The van der Waals surface area contributed by atoms with Crippen molar-refractivity contribution in [3.8, 4) is 28.0 Å². The summed E-state index contributed by atoms with van der Waals surface area (Å²) in [6.07, 6.45) is -4.24. The summed E-state index contributed by atoms with van der Waals surface area (Å²) in [6, 6.07) is 19.7. The molecule has 11 heteroatoms. The standard InChI is InChI=1S/C34H28ClF4N3O3/c1-33(2,3)32-41-31(45-42-32)28(16-19-4-6-20(7-5-19)23-10-14-27(36)26(35)18-23)40-30(44)25-17-22(11-15-29(25)43)21-8-12-24(13-9-21)34(37,38)39/h4-15,17-18,28,43H,16H2,1-3H3,(H,40,44)/t28-/m1/s1. The number of carbonyl (C=O) groups excluding carboxylic acids is 1. The summed E-state index contributed by atoms with van der Waals surface area (Å²) < 4.78 is 58.3. The van der Waals surface area contributed by atoms with Crippen LogP contribution in [-0.2, 0) is 18.0 Å². The second-order valence-electron chi connectivity index (χ2n) is 11.6. The van der Waals surface area contributed by atoms with Gasteiger partial charge in [-0.2, -0.15) is 18.2 Å². The average molecular weight is 638 g/mol. The number of hydrogen-bond acceptors (Lipinski definition) is 5. The van der Waals surface area contributed by atoms with Crippen molar-refractivity contribution in [1.82, 2.24) is 15.5 Å². The number of aromatic hydroxyl groups is 1. The van der Waals surface area contributed by atoms with Gasteiger partial charge in [0, 0.05) is 11.8 Å². The molecule has 1 amide bonds. The Morgan fingerprint density at radius 1 is 0.889 bits per heavy atom. The maximum Gasteiger partial charge on any atom is 0.416 e. The summed E-state index contributed by atoms with van der Waals surface area (Å²) in [4.78, 5) is 18.1. The van der Waals surface area contributed by atoms with Gasteiger partial charge in [-0.1, -0.05) is 86.1 Å². The van der Waals surface area contributed by atoms with E-state index in [-0.39, 0.29) is 28.6 Å². The SMILES string of the molecule is CC(C)(C)c1noc([C@@H](Cc2ccc(-c3ccc(F)c(Cl)c3)cc2)NC(=O)c2cc(-c3ccc(C(F)(F)F)cc3)ccc2O)n1. The highest BCUT2D eigenvalue weighted by Crippen LogP contribution is 2.33. The molecule has 5 aromatic rings. The van der Waals surface area contributed by atoms with Gasteiger partial charge in [0.15, 0.2) is 5.82 Å². The summed E-state index contributed by atoms with van der Waals surface area (Å²) in [5.74, 6) is -0.890. The zero-order valence-electron chi connectivity index (χ0n) is 24.4. The first-order valence-electron chi connectivity index (χ1n) is 13.9. The van der Waals surface area contributed by atoms with Gasteiger partial charge in [0.1, 0.15) is 17.6 Å². The van der Waals surface area contributed by atoms with Gasteiger partial charge in [-0.25, -0.2) is 4.39 Å². The third-order valence-corrected chi connectivity index (χ3v) is 7.44. The van der Waals surface area contributed by atoms with Crippen LogP contribution < -0.4 is 5.32 Å². The first-order chi connectivity index (χ1) is 21.2. The predicted octanol–water partition coefficient (Wildman–Crippen LogP) is 8.93. The fourth-order valence-electron chi connectivity index (χ4n) is 4.61. The molecule has 5 rings (SSSR count). The number of nitrogens with one attached hydrogen (secondary N) is 1. The number of alkyl halides is 3. The van der Waals surface area contributed by atoms with E-state index in [0.29, 0.717) is 17.0 Å². The third kappa shape index (κ3) is 7.34. The van der Waals surface area contributed by atoms with Crippen LogP contribution in [0.15, 0.2) is 89.5 Å². The van der Waals surface area contributed by atoms with Crippen LogP contribution in [0.4, 0.5) is 17.6 Å². The Balaban J connectivity index is 1.42. The van der Waals surface area contributed by atoms with Gasteiger partial charge >= 0.3 is 6.18 Å². The largest absolute Gasteiger partial charge is 0.507 e. The van der Waals surface area contributed by atoms with Crippen LogP contribution in [0, 0.1) is 5.82 Å². The van der Waals surface area contributed by atoms with Crippen molar-refractivity contribution in [3.05, 3.63) is 124 Å². The Morgan fingerprint density at radius 3 is 2.04 bits per heavy atom. The van der Waals surface area contributed by atoms with E-state index in [1.54, 1.807) is 6.07 Å². The second kappa shape index (κ2) is 12.4. The molecule has 0 spiro atoms. The lowest BCUT2D eigenvalue weighted by molar-refractivity contribution is -0.137. The molecule has 0 aliphatic rings. The molecule has 6 nitrogen and oxygen atoms in total. The number of phenols is 1. The highest BCUT2D eigenvalue weighted by molar-refractivity contribution is 6.31.